The van der Waals surface area contributed by atoms with Crippen LogP contribution in [0.2, 0.25) is 0 Å². The highest BCUT2D eigenvalue weighted by molar-refractivity contribution is 5.78. The molecule has 1 aromatic carbocycles. The first-order valence-electron chi connectivity index (χ1n) is 9.89. The Hall–Kier alpha value is -2.24. The number of carbonyl (C=O) groups excluding carboxylic acids is 2. The number of ether oxygens (including phenoxy) is 1. The zero-order valence-electron chi connectivity index (χ0n) is 16.8. The SMILES string of the molecule is CC(C)(C)c1ccc(OCCCNC(=O)NCCCN2CCCC2=O)cc1. The Labute approximate surface area is 162 Å². The van der Waals surface area contributed by atoms with Gasteiger partial charge >= 0.3 is 6.03 Å². The Morgan fingerprint density at radius 3 is 2.37 bits per heavy atom. The predicted molar refractivity (Wildman–Crippen MR) is 107 cm³/mol. The molecule has 27 heavy (non-hydrogen) atoms. The number of likely N-dealkylation sites (tertiary alicyclic amines) is 1. The maximum Gasteiger partial charge on any atom is 0.314 e. The lowest BCUT2D eigenvalue weighted by molar-refractivity contribution is -0.127. The fraction of sp³-hybridized carbons (Fsp3) is 0.619. The summed E-state index contributed by atoms with van der Waals surface area (Å²) in [4.78, 5) is 25.1. The van der Waals surface area contributed by atoms with Crippen LogP contribution in [0.5, 0.6) is 5.75 Å². The Bertz CT molecular complexity index is 608. The zero-order valence-corrected chi connectivity index (χ0v) is 16.8. The highest BCUT2D eigenvalue weighted by atomic mass is 16.5. The van der Waals surface area contributed by atoms with Crippen molar-refractivity contribution in [1.82, 2.24) is 15.5 Å². The molecule has 3 amide bonds. The maximum absolute atomic E-state index is 11.7. The van der Waals surface area contributed by atoms with Gasteiger partial charge in [-0.1, -0.05) is 32.9 Å². The minimum absolute atomic E-state index is 0.139. The van der Waals surface area contributed by atoms with Crippen LogP contribution in [0.4, 0.5) is 4.79 Å². The first-order chi connectivity index (χ1) is 12.9. The summed E-state index contributed by atoms with van der Waals surface area (Å²) in [5.41, 5.74) is 1.42. The lowest BCUT2D eigenvalue weighted by Gasteiger charge is -2.19. The normalized spacial score (nSPS) is 14.3. The molecule has 0 aliphatic carbocycles. The van der Waals surface area contributed by atoms with E-state index in [0.29, 0.717) is 26.1 Å². The van der Waals surface area contributed by atoms with E-state index >= 15 is 0 Å². The molecular formula is C21H33N3O3. The summed E-state index contributed by atoms with van der Waals surface area (Å²) >= 11 is 0. The molecular weight excluding hydrogens is 342 g/mol. The molecule has 2 N–H and O–H groups in total. The fourth-order valence-corrected chi connectivity index (χ4v) is 2.99. The van der Waals surface area contributed by atoms with E-state index in [2.05, 4.69) is 43.5 Å². The third-order valence-corrected chi connectivity index (χ3v) is 4.66. The Balaban J connectivity index is 1.49. The van der Waals surface area contributed by atoms with Gasteiger partial charge in [-0.25, -0.2) is 4.79 Å². The van der Waals surface area contributed by atoms with Crippen molar-refractivity contribution in [3.05, 3.63) is 29.8 Å². The van der Waals surface area contributed by atoms with Gasteiger partial charge in [0.1, 0.15) is 5.75 Å². The van der Waals surface area contributed by atoms with Crippen LogP contribution in [0, 0.1) is 0 Å². The molecule has 6 heteroatoms. The van der Waals surface area contributed by atoms with Gasteiger partial charge in [0.15, 0.2) is 0 Å². The van der Waals surface area contributed by atoms with Crippen molar-refractivity contribution in [2.24, 2.45) is 0 Å². The van der Waals surface area contributed by atoms with Crippen LogP contribution in [-0.4, -0.2) is 49.6 Å². The van der Waals surface area contributed by atoms with Crippen molar-refractivity contribution in [3.8, 4) is 5.75 Å². The van der Waals surface area contributed by atoms with E-state index in [1.165, 1.54) is 5.56 Å². The number of rotatable bonds is 9. The van der Waals surface area contributed by atoms with Crippen molar-refractivity contribution >= 4 is 11.9 Å². The van der Waals surface area contributed by atoms with Crippen LogP contribution < -0.4 is 15.4 Å². The molecule has 1 aliphatic heterocycles. The molecule has 6 nitrogen and oxygen atoms in total. The Morgan fingerprint density at radius 1 is 1.11 bits per heavy atom. The van der Waals surface area contributed by atoms with Gasteiger partial charge in [-0.05, 0) is 42.4 Å². The van der Waals surface area contributed by atoms with Gasteiger partial charge in [-0.15, -0.1) is 0 Å². The standard InChI is InChI=1S/C21H33N3O3/c1-21(2,3)17-8-10-18(11-9-17)27-16-6-13-23-20(26)22-12-5-15-24-14-4-7-19(24)25/h8-11H,4-7,12-16H2,1-3H3,(H2,22,23,26). The molecule has 1 saturated heterocycles. The van der Waals surface area contributed by atoms with Crippen LogP contribution in [0.25, 0.3) is 0 Å². The molecule has 0 spiro atoms. The van der Waals surface area contributed by atoms with Crippen molar-refractivity contribution < 1.29 is 14.3 Å². The molecule has 0 bridgehead atoms. The van der Waals surface area contributed by atoms with Gasteiger partial charge < -0.3 is 20.3 Å². The molecule has 1 aliphatic rings. The molecule has 2 rings (SSSR count). The molecule has 0 aromatic heterocycles. The van der Waals surface area contributed by atoms with Crippen LogP contribution >= 0.6 is 0 Å². The average molecular weight is 376 g/mol. The van der Waals surface area contributed by atoms with Crippen LogP contribution in [0.15, 0.2) is 24.3 Å². The number of carbonyl (C=O) groups is 2. The number of nitrogens with one attached hydrogen (secondary N) is 2. The van der Waals surface area contributed by atoms with Crippen molar-refractivity contribution in [2.45, 2.75) is 51.9 Å². The second kappa shape index (κ2) is 10.2. The quantitative estimate of drug-likeness (QED) is 0.652. The zero-order chi connectivity index (χ0) is 19.7. The molecule has 0 radical (unpaired) electrons. The maximum atomic E-state index is 11.7. The van der Waals surface area contributed by atoms with Gasteiger partial charge in [-0.3, -0.25) is 4.79 Å². The lowest BCUT2D eigenvalue weighted by Crippen LogP contribution is -2.38. The first kappa shape index (κ1) is 21.1. The summed E-state index contributed by atoms with van der Waals surface area (Å²) in [6.45, 7) is 9.84. The monoisotopic (exact) mass is 375 g/mol. The summed E-state index contributed by atoms with van der Waals surface area (Å²) in [6.07, 6.45) is 3.15. The number of hydrogen-bond donors (Lipinski definition) is 2. The van der Waals surface area contributed by atoms with Gasteiger partial charge in [0.05, 0.1) is 6.61 Å². The molecule has 0 atom stereocenters. The summed E-state index contributed by atoms with van der Waals surface area (Å²) in [5, 5.41) is 5.65. The fourth-order valence-electron chi connectivity index (χ4n) is 2.99. The lowest BCUT2D eigenvalue weighted by atomic mass is 9.87. The molecule has 150 valence electrons. The largest absolute Gasteiger partial charge is 0.494 e. The Kier molecular flexibility index (Phi) is 7.95. The summed E-state index contributed by atoms with van der Waals surface area (Å²) < 4.78 is 5.71. The second-order valence-corrected chi connectivity index (χ2v) is 8.00. The number of hydrogen-bond acceptors (Lipinski definition) is 3. The molecule has 1 fully saturated rings. The number of amides is 3. The van der Waals surface area contributed by atoms with Gasteiger partial charge in [0.2, 0.25) is 5.91 Å². The van der Waals surface area contributed by atoms with E-state index in [4.69, 9.17) is 4.74 Å². The summed E-state index contributed by atoms with van der Waals surface area (Å²) in [7, 11) is 0. The van der Waals surface area contributed by atoms with E-state index in [1.54, 1.807) is 0 Å². The molecule has 1 aromatic rings. The third kappa shape index (κ3) is 7.49. The Morgan fingerprint density at radius 2 is 1.78 bits per heavy atom. The molecule has 0 saturated carbocycles. The van der Waals surface area contributed by atoms with Gasteiger partial charge in [0.25, 0.3) is 0 Å². The van der Waals surface area contributed by atoms with Crippen LogP contribution in [-0.2, 0) is 10.2 Å². The summed E-state index contributed by atoms with van der Waals surface area (Å²) in [5.74, 6) is 1.08. The van der Waals surface area contributed by atoms with Crippen molar-refractivity contribution in [2.75, 3.05) is 32.8 Å². The van der Waals surface area contributed by atoms with Crippen molar-refractivity contribution in [3.63, 3.8) is 0 Å². The number of nitrogens with zero attached hydrogens (tertiary/aromatic N) is 1. The second-order valence-electron chi connectivity index (χ2n) is 8.00. The smallest absolute Gasteiger partial charge is 0.314 e. The van der Waals surface area contributed by atoms with E-state index in [9.17, 15) is 9.59 Å². The molecule has 0 unspecified atom stereocenters. The van der Waals surface area contributed by atoms with E-state index < -0.39 is 0 Å². The molecule has 1 heterocycles. The number of benzene rings is 1. The first-order valence-corrected chi connectivity index (χ1v) is 9.89. The van der Waals surface area contributed by atoms with Gasteiger partial charge in [-0.2, -0.15) is 0 Å². The minimum Gasteiger partial charge on any atom is -0.494 e. The van der Waals surface area contributed by atoms with Crippen LogP contribution in [0.3, 0.4) is 0 Å². The number of urea groups is 1. The predicted octanol–water partition coefficient (Wildman–Crippen LogP) is 3.06. The minimum atomic E-state index is -0.169. The van der Waals surface area contributed by atoms with E-state index in [1.807, 2.05) is 17.0 Å². The average Bonchev–Trinajstić information content (AvgIpc) is 3.03. The topological polar surface area (TPSA) is 70.7 Å². The highest BCUT2D eigenvalue weighted by Gasteiger charge is 2.19. The summed E-state index contributed by atoms with van der Waals surface area (Å²) in [6, 6.07) is 8.00. The van der Waals surface area contributed by atoms with E-state index in [0.717, 1.165) is 38.1 Å². The van der Waals surface area contributed by atoms with Gasteiger partial charge in [0, 0.05) is 32.6 Å². The van der Waals surface area contributed by atoms with Crippen LogP contribution in [0.1, 0.15) is 52.0 Å². The van der Waals surface area contributed by atoms with E-state index in [-0.39, 0.29) is 17.4 Å². The third-order valence-electron chi connectivity index (χ3n) is 4.66. The van der Waals surface area contributed by atoms with Crippen molar-refractivity contribution in [1.29, 1.82) is 0 Å². The highest BCUT2D eigenvalue weighted by Crippen LogP contribution is 2.24.